The van der Waals surface area contributed by atoms with E-state index in [1.165, 1.54) is 0 Å². The molecule has 0 bridgehead atoms. The van der Waals surface area contributed by atoms with Crippen molar-refractivity contribution in [2.45, 2.75) is 26.8 Å². The van der Waals surface area contributed by atoms with Crippen molar-refractivity contribution in [1.82, 2.24) is 10.2 Å². The molecule has 1 saturated heterocycles. The lowest BCUT2D eigenvalue weighted by Gasteiger charge is -2.26. The number of nitrogens with one attached hydrogen (secondary N) is 1. The lowest BCUT2D eigenvalue weighted by Crippen LogP contribution is -2.38. The van der Waals surface area contributed by atoms with E-state index in [0.717, 1.165) is 57.1 Å². The van der Waals surface area contributed by atoms with E-state index in [-0.39, 0.29) is 0 Å². The molecule has 1 fully saturated rings. The number of aliphatic imine (C=N–C) groups is 1. The first-order valence-corrected chi connectivity index (χ1v) is 9.19. The van der Waals surface area contributed by atoms with Gasteiger partial charge in [-0.05, 0) is 30.0 Å². The number of nitrogens with zero attached hydrogens (tertiary/aromatic N) is 2. The summed E-state index contributed by atoms with van der Waals surface area (Å²) in [4.78, 5) is 6.75. The first kappa shape index (κ1) is 19.5. The number of hydrogen-bond acceptors (Lipinski definition) is 4. The fourth-order valence-corrected chi connectivity index (χ4v) is 2.57. The molecule has 0 unspecified atom stereocenters. The molecule has 0 radical (unpaired) electrons. The molecule has 0 saturated carbocycles. The Labute approximate surface area is 151 Å². The molecule has 1 aromatic rings. The van der Waals surface area contributed by atoms with Crippen molar-refractivity contribution in [2.75, 3.05) is 46.0 Å². The number of rotatable bonds is 9. The Morgan fingerprint density at radius 3 is 2.92 bits per heavy atom. The van der Waals surface area contributed by atoms with Gasteiger partial charge in [0.15, 0.2) is 5.96 Å². The topological polar surface area (TPSA) is 72.1 Å². The molecule has 0 aromatic heterocycles. The third-order valence-electron chi connectivity index (χ3n) is 4.14. The van der Waals surface area contributed by atoms with E-state index in [2.05, 4.69) is 29.1 Å². The summed E-state index contributed by atoms with van der Waals surface area (Å²) in [6.07, 6.45) is 1.09. The third kappa shape index (κ3) is 8.23. The largest absolute Gasteiger partial charge is 0.492 e. The normalized spacial score (nSPS) is 16.2. The van der Waals surface area contributed by atoms with Gasteiger partial charge in [0.2, 0.25) is 0 Å². The lowest BCUT2D eigenvalue weighted by atomic mass is 10.1. The molecule has 140 valence electrons. The quantitative estimate of drug-likeness (QED) is 0.526. The van der Waals surface area contributed by atoms with Crippen molar-refractivity contribution in [1.29, 1.82) is 0 Å². The summed E-state index contributed by atoms with van der Waals surface area (Å²) in [7, 11) is 0. The molecule has 6 nitrogen and oxygen atoms in total. The number of nitrogens with two attached hydrogens (primary N) is 1. The van der Waals surface area contributed by atoms with Crippen molar-refractivity contribution in [3.8, 4) is 5.75 Å². The van der Waals surface area contributed by atoms with E-state index in [0.29, 0.717) is 25.0 Å². The van der Waals surface area contributed by atoms with Gasteiger partial charge in [-0.25, -0.2) is 4.99 Å². The average Bonchev–Trinajstić information content (AvgIpc) is 2.61. The van der Waals surface area contributed by atoms with E-state index in [1.807, 2.05) is 24.3 Å². The van der Waals surface area contributed by atoms with Gasteiger partial charge in [0.05, 0.1) is 19.8 Å². The molecule has 6 heteroatoms. The fourth-order valence-electron chi connectivity index (χ4n) is 2.57. The summed E-state index contributed by atoms with van der Waals surface area (Å²) >= 11 is 0. The van der Waals surface area contributed by atoms with Gasteiger partial charge in [0.1, 0.15) is 12.4 Å². The Morgan fingerprint density at radius 2 is 2.16 bits per heavy atom. The second-order valence-corrected chi connectivity index (χ2v) is 6.76. The number of ether oxygens (including phenoxy) is 2. The van der Waals surface area contributed by atoms with E-state index in [9.17, 15) is 0 Å². The van der Waals surface area contributed by atoms with Crippen LogP contribution in [0.1, 0.15) is 25.8 Å². The molecule has 1 aliphatic rings. The summed E-state index contributed by atoms with van der Waals surface area (Å²) in [6.45, 7) is 11.0. The molecule has 1 heterocycles. The molecule has 0 spiro atoms. The molecule has 0 amide bonds. The first-order valence-electron chi connectivity index (χ1n) is 9.19. The highest BCUT2D eigenvalue weighted by Crippen LogP contribution is 2.14. The monoisotopic (exact) mass is 348 g/mol. The van der Waals surface area contributed by atoms with Gasteiger partial charge >= 0.3 is 0 Å². The second kappa shape index (κ2) is 10.9. The van der Waals surface area contributed by atoms with Crippen LogP contribution in [0.25, 0.3) is 0 Å². The van der Waals surface area contributed by atoms with Gasteiger partial charge < -0.3 is 20.5 Å². The second-order valence-electron chi connectivity index (χ2n) is 6.76. The molecular formula is C19H32N4O2. The van der Waals surface area contributed by atoms with Crippen molar-refractivity contribution < 1.29 is 9.47 Å². The molecular weight excluding hydrogens is 316 g/mol. The van der Waals surface area contributed by atoms with E-state index in [1.54, 1.807) is 0 Å². The van der Waals surface area contributed by atoms with Crippen LogP contribution in [0.5, 0.6) is 5.75 Å². The van der Waals surface area contributed by atoms with Gasteiger partial charge in [-0.2, -0.15) is 0 Å². The van der Waals surface area contributed by atoms with E-state index in [4.69, 9.17) is 15.2 Å². The Bertz CT molecular complexity index is 528. The SMILES string of the molecule is CC(C)CCNC(N)=NCc1cccc(OCCN2CCOCC2)c1. The van der Waals surface area contributed by atoms with Crippen molar-refractivity contribution in [3.05, 3.63) is 29.8 Å². The summed E-state index contributed by atoms with van der Waals surface area (Å²) in [5.41, 5.74) is 7.00. The Balaban J connectivity index is 1.72. The maximum absolute atomic E-state index is 5.90. The average molecular weight is 348 g/mol. The van der Waals surface area contributed by atoms with Crippen LogP contribution < -0.4 is 15.8 Å². The standard InChI is InChI=1S/C19H32N4O2/c1-16(2)6-7-21-19(20)22-15-17-4-3-5-18(14-17)25-13-10-23-8-11-24-12-9-23/h3-5,14,16H,6-13,15H2,1-2H3,(H3,20,21,22). The summed E-state index contributed by atoms with van der Waals surface area (Å²) in [5.74, 6) is 2.04. The number of benzene rings is 1. The van der Waals surface area contributed by atoms with Crippen LogP contribution in [0, 0.1) is 5.92 Å². The van der Waals surface area contributed by atoms with Crippen LogP contribution in [-0.4, -0.2) is 56.9 Å². The van der Waals surface area contributed by atoms with Gasteiger partial charge in [0, 0.05) is 26.2 Å². The minimum Gasteiger partial charge on any atom is -0.492 e. The van der Waals surface area contributed by atoms with Crippen molar-refractivity contribution in [2.24, 2.45) is 16.6 Å². The number of guanidine groups is 1. The van der Waals surface area contributed by atoms with Gasteiger partial charge in [-0.15, -0.1) is 0 Å². The van der Waals surface area contributed by atoms with Crippen LogP contribution in [0.3, 0.4) is 0 Å². The zero-order chi connectivity index (χ0) is 17.9. The van der Waals surface area contributed by atoms with Crippen LogP contribution in [0.15, 0.2) is 29.3 Å². The van der Waals surface area contributed by atoms with Gasteiger partial charge in [0.25, 0.3) is 0 Å². The molecule has 25 heavy (non-hydrogen) atoms. The maximum Gasteiger partial charge on any atom is 0.188 e. The van der Waals surface area contributed by atoms with Gasteiger partial charge in [-0.1, -0.05) is 26.0 Å². The van der Waals surface area contributed by atoms with Crippen molar-refractivity contribution >= 4 is 5.96 Å². The first-order chi connectivity index (χ1) is 12.1. The van der Waals surface area contributed by atoms with E-state index < -0.39 is 0 Å². The smallest absolute Gasteiger partial charge is 0.188 e. The van der Waals surface area contributed by atoms with Crippen LogP contribution in [0.4, 0.5) is 0 Å². The molecule has 0 atom stereocenters. The summed E-state index contributed by atoms with van der Waals surface area (Å²) < 4.78 is 11.2. The Hall–Kier alpha value is -1.79. The highest BCUT2D eigenvalue weighted by Gasteiger charge is 2.09. The van der Waals surface area contributed by atoms with Gasteiger partial charge in [-0.3, -0.25) is 4.90 Å². The molecule has 0 aliphatic carbocycles. The highest BCUT2D eigenvalue weighted by molar-refractivity contribution is 5.77. The fraction of sp³-hybridized carbons (Fsp3) is 0.632. The zero-order valence-electron chi connectivity index (χ0n) is 15.5. The third-order valence-corrected chi connectivity index (χ3v) is 4.14. The predicted octanol–water partition coefficient (Wildman–Crippen LogP) is 1.85. The minimum absolute atomic E-state index is 0.499. The molecule has 2 rings (SSSR count). The Kier molecular flexibility index (Phi) is 8.55. The van der Waals surface area contributed by atoms with Crippen LogP contribution in [-0.2, 0) is 11.3 Å². The number of morpholine rings is 1. The lowest BCUT2D eigenvalue weighted by molar-refractivity contribution is 0.0322. The number of hydrogen-bond donors (Lipinski definition) is 2. The van der Waals surface area contributed by atoms with Crippen molar-refractivity contribution in [3.63, 3.8) is 0 Å². The molecule has 1 aliphatic heterocycles. The summed E-state index contributed by atoms with van der Waals surface area (Å²) in [6, 6.07) is 8.05. The van der Waals surface area contributed by atoms with Crippen LogP contribution >= 0.6 is 0 Å². The molecule has 3 N–H and O–H groups in total. The van der Waals surface area contributed by atoms with E-state index >= 15 is 0 Å². The zero-order valence-corrected chi connectivity index (χ0v) is 15.5. The highest BCUT2D eigenvalue weighted by atomic mass is 16.5. The molecule has 1 aromatic carbocycles. The Morgan fingerprint density at radius 1 is 1.36 bits per heavy atom. The maximum atomic E-state index is 5.90. The predicted molar refractivity (Wildman–Crippen MR) is 102 cm³/mol. The van der Waals surface area contributed by atoms with Crippen LogP contribution in [0.2, 0.25) is 0 Å². The summed E-state index contributed by atoms with van der Waals surface area (Å²) in [5, 5.41) is 3.15. The minimum atomic E-state index is 0.499.